The van der Waals surface area contributed by atoms with Gasteiger partial charge in [-0.1, -0.05) is 39.5 Å². The van der Waals surface area contributed by atoms with Gasteiger partial charge in [0, 0.05) is 15.4 Å². The molecule has 0 atom stereocenters. The molecule has 3 saturated carbocycles. The van der Waals surface area contributed by atoms with Gasteiger partial charge in [-0.05, 0) is 31.1 Å². The van der Waals surface area contributed by atoms with Crippen molar-refractivity contribution in [1.82, 2.24) is 0 Å². The molecule has 4 fully saturated rings. The Morgan fingerprint density at radius 1 is 0.957 bits per heavy atom. The quantitative estimate of drug-likeness (QED) is 0.687. The van der Waals surface area contributed by atoms with Gasteiger partial charge in [-0.2, -0.15) is 0 Å². The summed E-state index contributed by atoms with van der Waals surface area (Å²) in [5.74, 6) is 0.338. The van der Waals surface area contributed by atoms with Crippen molar-refractivity contribution in [1.29, 1.82) is 0 Å². The summed E-state index contributed by atoms with van der Waals surface area (Å²) < 4.78 is 21.7. The average Bonchev–Trinajstić information content (AvgIpc) is 2.49. The zero-order valence-corrected chi connectivity index (χ0v) is 14.9. The molecule has 0 unspecified atom stereocenters. The van der Waals surface area contributed by atoms with E-state index in [1.807, 2.05) is 0 Å². The minimum Gasteiger partial charge on any atom is -0.296 e. The van der Waals surface area contributed by atoms with Crippen LogP contribution in [0.2, 0.25) is 0 Å². The van der Waals surface area contributed by atoms with Gasteiger partial charge >= 0.3 is 8.25 Å². The lowest BCUT2D eigenvalue weighted by Crippen LogP contribution is -2.80. The second-order valence-electron chi connectivity index (χ2n) is 7.25. The molecule has 128 valence electrons. The molecule has 0 aromatic heterocycles. The van der Waals surface area contributed by atoms with Crippen molar-refractivity contribution < 1.29 is 23.2 Å². The fraction of sp³-hybridized carbons (Fsp3) is 0.882. The summed E-state index contributed by atoms with van der Waals surface area (Å²) in [5.41, 5.74) is -0.792. The molecule has 4 rings (SSSR count). The Morgan fingerprint density at radius 3 is 1.74 bits per heavy atom. The lowest BCUT2D eigenvalue weighted by molar-refractivity contribution is -0.293. The molecule has 4 aliphatic rings. The standard InChI is InChI=1S/C17H26O5P/c1-3-5-7-16-12-9-13(16)17(12,8-6-4-2)15(19)11-22-23(20)21-10-14(16)18/h12-13H,3-11H2,1-2H3/q+1. The topological polar surface area (TPSA) is 69.7 Å². The highest BCUT2D eigenvalue weighted by molar-refractivity contribution is 7.33. The van der Waals surface area contributed by atoms with E-state index < -0.39 is 19.1 Å². The van der Waals surface area contributed by atoms with E-state index in [1.54, 1.807) is 0 Å². The maximum absolute atomic E-state index is 12.8. The Bertz CT molecular complexity index is 477. The zero-order valence-electron chi connectivity index (χ0n) is 14.0. The number of unbranched alkanes of at least 4 members (excludes halogenated alkanes) is 2. The predicted octanol–water partition coefficient (Wildman–Crippen LogP) is 3.83. The number of carbonyl (C=O) groups excluding carboxylic acids is 2. The van der Waals surface area contributed by atoms with E-state index in [0.29, 0.717) is 0 Å². The highest BCUT2D eigenvalue weighted by Crippen LogP contribution is 2.81. The van der Waals surface area contributed by atoms with Gasteiger partial charge in [0.05, 0.1) is 0 Å². The van der Waals surface area contributed by atoms with E-state index in [9.17, 15) is 14.2 Å². The first-order chi connectivity index (χ1) is 11.0. The minimum absolute atomic E-state index is 0.0287. The van der Waals surface area contributed by atoms with Crippen molar-refractivity contribution in [3.05, 3.63) is 0 Å². The number of Topliss-reactive ketones (excluding diaryl/α,β-unsaturated/α-hetero) is 2. The first-order valence-corrected chi connectivity index (χ1v) is 9.93. The van der Waals surface area contributed by atoms with Crippen molar-refractivity contribution >= 4 is 19.8 Å². The number of hydrogen-bond donors (Lipinski definition) is 0. The van der Waals surface area contributed by atoms with Crippen LogP contribution in [-0.2, 0) is 23.2 Å². The Hall–Kier alpha value is -0.640. The predicted molar refractivity (Wildman–Crippen MR) is 85.0 cm³/mol. The summed E-state index contributed by atoms with van der Waals surface area (Å²) in [7, 11) is -2.38. The van der Waals surface area contributed by atoms with Crippen molar-refractivity contribution in [3.8, 4) is 0 Å². The summed E-state index contributed by atoms with van der Waals surface area (Å²) in [6.45, 7) is 3.93. The van der Waals surface area contributed by atoms with Crippen LogP contribution >= 0.6 is 8.25 Å². The summed E-state index contributed by atoms with van der Waals surface area (Å²) in [4.78, 5) is 25.6. The Kier molecular flexibility index (Phi) is 4.74. The first-order valence-electron chi connectivity index (χ1n) is 8.83. The van der Waals surface area contributed by atoms with Gasteiger partial charge in [-0.25, -0.2) is 0 Å². The SMILES string of the molecule is CCCCC12C(=O)CO[P+](=O)OCC(=O)C3(CCCC)C1CC23. The zero-order chi connectivity index (χ0) is 16.7. The van der Waals surface area contributed by atoms with Crippen LogP contribution < -0.4 is 0 Å². The first kappa shape index (κ1) is 17.2. The van der Waals surface area contributed by atoms with Gasteiger partial charge in [0.1, 0.15) is 0 Å². The van der Waals surface area contributed by atoms with Gasteiger partial charge in [0.15, 0.2) is 24.8 Å². The third-order valence-electron chi connectivity index (χ3n) is 6.49. The van der Waals surface area contributed by atoms with Gasteiger partial charge in [0.25, 0.3) is 0 Å². The number of ketones is 2. The van der Waals surface area contributed by atoms with Crippen LogP contribution in [0.25, 0.3) is 0 Å². The third-order valence-corrected chi connectivity index (χ3v) is 7.17. The van der Waals surface area contributed by atoms with E-state index in [1.165, 1.54) is 0 Å². The molecule has 0 spiro atoms. The Labute approximate surface area is 138 Å². The second kappa shape index (κ2) is 6.34. The van der Waals surface area contributed by atoms with Gasteiger partial charge in [-0.3, -0.25) is 9.59 Å². The molecule has 6 heteroatoms. The molecule has 23 heavy (non-hydrogen) atoms. The molecule has 0 aromatic rings. The smallest absolute Gasteiger partial charge is 0.296 e. The van der Waals surface area contributed by atoms with Gasteiger partial charge in [0.2, 0.25) is 0 Å². The number of rotatable bonds is 6. The Morgan fingerprint density at radius 2 is 1.39 bits per heavy atom. The van der Waals surface area contributed by atoms with E-state index in [2.05, 4.69) is 13.8 Å². The minimum atomic E-state index is -2.38. The molecule has 0 aromatic carbocycles. The van der Waals surface area contributed by atoms with Crippen LogP contribution in [0.15, 0.2) is 0 Å². The molecule has 1 saturated heterocycles. The molecule has 4 bridgehead atoms. The van der Waals surface area contributed by atoms with Crippen LogP contribution in [0, 0.1) is 22.7 Å². The molecular weight excluding hydrogens is 315 g/mol. The number of hydrogen-bond acceptors (Lipinski definition) is 5. The van der Waals surface area contributed by atoms with E-state index >= 15 is 0 Å². The fourth-order valence-corrected chi connectivity index (χ4v) is 5.80. The van der Waals surface area contributed by atoms with E-state index in [-0.39, 0.29) is 36.6 Å². The van der Waals surface area contributed by atoms with Gasteiger partial charge < -0.3 is 0 Å². The lowest BCUT2D eigenvalue weighted by Gasteiger charge is -2.78. The monoisotopic (exact) mass is 341 g/mol. The second-order valence-corrected chi connectivity index (χ2v) is 8.21. The van der Waals surface area contributed by atoms with Crippen molar-refractivity contribution in [2.45, 2.75) is 58.8 Å². The normalized spacial score (nSPS) is 41.2. The van der Waals surface area contributed by atoms with Crippen LogP contribution in [0.1, 0.15) is 58.8 Å². The van der Waals surface area contributed by atoms with Crippen molar-refractivity contribution in [3.63, 3.8) is 0 Å². The molecule has 0 amide bonds. The lowest BCUT2D eigenvalue weighted by atomic mass is 9.23. The van der Waals surface area contributed by atoms with Crippen LogP contribution in [0.5, 0.6) is 0 Å². The van der Waals surface area contributed by atoms with E-state index in [4.69, 9.17) is 9.05 Å². The van der Waals surface area contributed by atoms with Crippen LogP contribution in [-0.4, -0.2) is 24.8 Å². The molecule has 5 nitrogen and oxygen atoms in total. The largest absolute Gasteiger partial charge is 0.698 e. The highest BCUT2D eigenvalue weighted by atomic mass is 31.1. The molecule has 1 heterocycles. The maximum atomic E-state index is 12.8. The van der Waals surface area contributed by atoms with Gasteiger partial charge in [-0.15, -0.1) is 9.05 Å². The van der Waals surface area contributed by atoms with Crippen LogP contribution in [0.3, 0.4) is 0 Å². The van der Waals surface area contributed by atoms with Crippen LogP contribution in [0.4, 0.5) is 0 Å². The number of carbonyl (C=O) groups is 2. The molecular formula is C17H26O5P+. The average molecular weight is 341 g/mol. The highest BCUT2D eigenvalue weighted by Gasteiger charge is 2.83. The van der Waals surface area contributed by atoms with Crippen molar-refractivity contribution in [2.75, 3.05) is 13.2 Å². The maximum Gasteiger partial charge on any atom is 0.698 e. The fourth-order valence-electron chi connectivity index (χ4n) is 5.28. The summed E-state index contributed by atoms with van der Waals surface area (Å²) in [5, 5.41) is 0. The van der Waals surface area contributed by atoms with Crippen molar-refractivity contribution in [2.24, 2.45) is 22.7 Å². The summed E-state index contributed by atoms with van der Waals surface area (Å²) in [6.07, 6.45) is 6.67. The third kappa shape index (κ3) is 2.27. The summed E-state index contributed by atoms with van der Waals surface area (Å²) >= 11 is 0. The molecule has 3 aliphatic carbocycles. The molecule has 1 aliphatic heterocycles. The Balaban J connectivity index is 1.90. The summed E-state index contributed by atoms with van der Waals surface area (Å²) in [6, 6.07) is 0. The molecule has 0 radical (unpaired) electrons. The molecule has 0 N–H and O–H groups in total. The van der Waals surface area contributed by atoms with E-state index in [0.717, 1.165) is 44.9 Å².